The largest absolute Gasteiger partial charge is 0.337 e. The molecule has 1 aromatic carbocycles. The summed E-state index contributed by atoms with van der Waals surface area (Å²) in [4.78, 5) is 20.3. The van der Waals surface area contributed by atoms with Gasteiger partial charge < -0.3 is 4.90 Å². The molecule has 2 aliphatic rings. The SMILES string of the molecule is CN1C[C@@H](c2ccccc2)CC12CCN(C(=O)c1ncc(F)cc1F)CC2. The van der Waals surface area contributed by atoms with Crippen LogP contribution in [0, 0.1) is 11.6 Å². The number of pyridine rings is 1. The number of carbonyl (C=O) groups excluding carboxylic acids is 1. The number of hydrogen-bond donors (Lipinski definition) is 0. The fourth-order valence-electron chi connectivity index (χ4n) is 4.59. The predicted octanol–water partition coefficient (Wildman–Crippen LogP) is 3.45. The lowest BCUT2D eigenvalue weighted by Crippen LogP contribution is -2.52. The van der Waals surface area contributed by atoms with Crippen LogP contribution in [0.15, 0.2) is 42.6 Å². The van der Waals surface area contributed by atoms with E-state index in [-0.39, 0.29) is 11.2 Å². The molecule has 4 nitrogen and oxygen atoms in total. The number of amides is 1. The van der Waals surface area contributed by atoms with E-state index in [2.05, 4.69) is 41.2 Å². The Hall–Kier alpha value is -2.34. The Labute approximate surface area is 157 Å². The summed E-state index contributed by atoms with van der Waals surface area (Å²) in [6.07, 6.45) is 3.65. The van der Waals surface area contributed by atoms with E-state index < -0.39 is 17.5 Å². The second-order valence-corrected chi connectivity index (χ2v) is 7.69. The smallest absolute Gasteiger partial charge is 0.275 e. The average Bonchev–Trinajstić information content (AvgIpc) is 2.99. The Morgan fingerprint density at radius 3 is 2.56 bits per heavy atom. The van der Waals surface area contributed by atoms with Gasteiger partial charge in [-0.3, -0.25) is 9.69 Å². The van der Waals surface area contributed by atoms with E-state index in [0.29, 0.717) is 25.1 Å². The molecule has 0 aliphatic carbocycles. The van der Waals surface area contributed by atoms with Gasteiger partial charge in [-0.15, -0.1) is 0 Å². The highest BCUT2D eigenvalue weighted by Gasteiger charge is 2.46. The molecule has 2 aromatic rings. The van der Waals surface area contributed by atoms with E-state index in [0.717, 1.165) is 32.0 Å². The minimum absolute atomic E-state index is 0.0755. The van der Waals surface area contributed by atoms with Crippen molar-refractivity contribution in [2.24, 2.45) is 0 Å². The molecule has 27 heavy (non-hydrogen) atoms. The van der Waals surface area contributed by atoms with Crippen LogP contribution in [0.1, 0.15) is 41.2 Å². The number of nitrogens with zero attached hydrogens (tertiary/aromatic N) is 3. The van der Waals surface area contributed by atoms with Crippen LogP contribution < -0.4 is 0 Å². The molecule has 1 amide bonds. The van der Waals surface area contributed by atoms with Gasteiger partial charge in [0, 0.05) is 31.2 Å². The summed E-state index contributed by atoms with van der Waals surface area (Å²) in [5, 5.41) is 0. The fraction of sp³-hybridized carbons (Fsp3) is 0.429. The Morgan fingerprint density at radius 2 is 1.89 bits per heavy atom. The number of hydrogen-bond acceptors (Lipinski definition) is 3. The van der Waals surface area contributed by atoms with Crippen molar-refractivity contribution in [2.45, 2.75) is 30.7 Å². The van der Waals surface area contributed by atoms with Gasteiger partial charge in [0.1, 0.15) is 5.82 Å². The van der Waals surface area contributed by atoms with Crippen molar-refractivity contribution >= 4 is 5.91 Å². The lowest BCUT2D eigenvalue weighted by molar-refractivity contribution is 0.0483. The molecule has 3 heterocycles. The standard InChI is InChI=1S/C21H23F2N3O/c1-25-14-16(15-5-3-2-4-6-15)12-21(25)7-9-26(10-8-21)20(27)19-18(23)11-17(22)13-24-19/h2-6,11,13,16H,7-10,12,14H2,1H3/t16-/m0/s1. The maximum Gasteiger partial charge on any atom is 0.275 e. The van der Waals surface area contributed by atoms with Crippen molar-refractivity contribution < 1.29 is 13.6 Å². The van der Waals surface area contributed by atoms with Crippen LogP contribution in [0.3, 0.4) is 0 Å². The average molecular weight is 371 g/mol. The fourth-order valence-corrected chi connectivity index (χ4v) is 4.59. The summed E-state index contributed by atoms with van der Waals surface area (Å²) in [6, 6.07) is 11.3. The molecule has 1 spiro atoms. The molecule has 0 N–H and O–H groups in total. The zero-order valence-corrected chi connectivity index (χ0v) is 15.4. The Morgan fingerprint density at radius 1 is 1.19 bits per heavy atom. The first-order chi connectivity index (χ1) is 13.0. The Kier molecular flexibility index (Phi) is 4.68. The number of aromatic nitrogens is 1. The van der Waals surface area contributed by atoms with Crippen LogP contribution in [0.2, 0.25) is 0 Å². The van der Waals surface area contributed by atoms with Gasteiger partial charge in [0.05, 0.1) is 6.20 Å². The molecule has 1 atom stereocenters. The van der Waals surface area contributed by atoms with Gasteiger partial charge in [-0.25, -0.2) is 13.8 Å². The summed E-state index contributed by atoms with van der Waals surface area (Å²) >= 11 is 0. The number of likely N-dealkylation sites (N-methyl/N-ethyl adjacent to an activating group) is 1. The summed E-state index contributed by atoms with van der Waals surface area (Å²) in [7, 11) is 2.15. The number of halogens is 2. The molecule has 4 rings (SSSR count). The minimum atomic E-state index is -0.901. The second-order valence-electron chi connectivity index (χ2n) is 7.69. The van der Waals surface area contributed by atoms with E-state index in [1.807, 2.05) is 6.07 Å². The number of benzene rings is 1. The van der Waals surface area contributed by atoms with E-state index in [1.165, 1.54) is 5.56 Å². The Bertz CT molecular complexity index is 835. The van der Waals surface area contributed by atoms with Gasteiger partial charge in [-0.1, -0.05) is 30.3 Å². The highest BCUT2D eigenvalue weighted by Crippen LogP contribution is 2.44. The minimum Gasteiger partial charge on any atom is -0.337 e. The van der Waals surface area contributed by atoms with E-state index in [4.69, 9.17) is 0 Å². The van der Waals surface area contributed by atoms with Crippen LogP contribution in [0.5, 0.6) is 0 Å². The molecule has 142 valence electrons. The van der Waals surface area contributed by atoms with Crippen molar-refractivity contribution in [2.75, 3.05) is 26.7 Å². The quantitative estimate of drug-likeness (QED) is 0.811. The molecular weight excluding hydrogens is 348 g/mol. The van der Waals surface area contributed by atoms with Gasteiger partial charge in [0.25, 0.3) is 5.91 Å². The number of piperidine rings is 1. The van der Waals surface area contributed by atoms with Crippen LogP contribution in [0.25, 0.3) is 0 Å². The third kappa shape index (κ3) is 3.34. The van der Waals surface area contributed by atoms with Crippen LogP contribution in [0.4, 0.5) is 8.78 Å². The zero-order valence-electron chi connectivity index (χ0n) is 15.4. The van der Waals surface area contributed by atoms with E-state index in [1.54, 1.807) is 4.90 Å². The van der Waals surface area contributed by atoms with Gasteiger partial charge in [0.2, 0.25) is 0 Å². The van der Waals surface area contributed by atoms with Crippen LogP contribution >= 0.6 is 0 Å². The molecule has 1 aromatic heterocycles. The maximum atomic E-state index is 13.9. The van der Waals surface area contributed by atoms with Crippen molar-refractivity contribution in [1.82, 2.24) is 14.8 Å². The van der Waals surface area contributed by atoms with E-state index >= 15 is 0 Å². The van der Waals surface area contributed by atoms with Gasteiger partial charge in [0.15, 0.2) is 11.5 Å². The van der Waals surface area contributed by atoms with Crippen molar-refractivity contribution in [1.29, 1.82) is 0 Å². The first-order valence-electron chi connectivity index (χ1n) is 9.35. The molecule has 2 aliphatic heterocycles. The lowest BCUT2D eigenvalue weighted by atomic mass is 9.81. The topological polar surface area (TPSA) is 36.4 Å². The molecule has 0 radical (unpaired) electrons. The highest BCUT2D eigenvalue weighted by molar-refractivity contribution is 5.92. The third-order valence-electron chi connectivity index (χ3n) is 6.19. The third-order valence-corrected chi connectivity index (χ3v) is 6.19. The number of rotatable bonds is 2. The maximum absolute atomic E-state index is 13.9. The normalized spacial score (nSPS) is 22.3. The highest BCUT2D eigenvalue weighted by atomic mass is 19.1. The molecule has 2 fully saturated rings. The monoisotopic (exact) mass is 371 g/mol. The first kappa shape index (κ1) is 18.0. The summed E-state index contributed by atoms with van der Waals surface area (Å²) in [5.74, 6) is -1.64. The molecular formula is C21H23F2N3O. The lowest BCUT2D eigenvalue weighted by Gasteiger charge is -2.43. The predicted molar refractivity (Wildman–Crippen MR) is 98.5 cm³/mol. The molecule has 0 bridgehead atoms. The van der Waals surface area contributed by atoms with Crippen LogP contribution in [-0.4, -0.2) is 52.9 Å². The van der Waals surface area contributed by atoms with Gasteiger partial charge in [-0.05, 0) is 37.8 Å². The van der Waals surface area contributed by atoms with Gasteiger partial charge >= 0.3 is 0 Å². The van der Waals surface area contributed by atoms with Crippen molar-refractivity contribution in [3.05, 3.63) is 65.5 Å². The van der Waals surface area contributed by atoms with Crippen molar-refractivity contribution in [3.63, 3.8) is 0 Å². The second kappa shape index (κ2) is 7.00. The molecule has 0 unspecified atom stereocenters. The molecule has 2 saturated heterocycles. The summed E-state index contributed by atoms with van der Waals surface area (Å²) in [5.41, 5.74) is 1.14. The molecule has 0 saturated carbocycles. The first-order valence-corrected chi connectivity index (χ1v) is 9.35. The van der Waals surface area contributed by atoms with Gasteiger partial charge in [-0.2, -0.15) is 0 Å². The summed E-state index contributed by atoms with van der Waals surface area (Å²) in [6.45, 7) is 2.12. The van der Waals surface area contributed by atoms with E-state index in [9.17, 15) is 13.6 Å². The summed E-state index contributed by atoms with van der Waals surface area (Å²) < 4.78 is 26.9. The van der Waals surface area contributed by atoms with Crippen LogP contribution in [-0.2, 0) is 0 Å². The number of carbonyl (C=O) groups is 1. The zero-order chi connectivity index (χ0) is 19.0. The van der Waals surface area contributed by atoms with Crippen molar-refractivity contribution in [3.8, 4) is 0 Å². The number of likely N-dealkylation sites (tertiary alicyclic amines) is 2. The molecule has 6 heteroatoms. The Balaban J connectivity index is 1.44.